The summed E-state index contributed by atoms with van der Waals surface area (Å²) in [5, 5.41) is 0. The van der Waals surface area contributed by atoms with E-state index in [1.807, 2.05) is 0 Å². The van der Waals surface area contributed by atoms with Gasteiger partial charge in [0.15, 0.2) is 0 Å². The van der Waals surface area contributed by atoms with E-state index in [0.29, 0.717) is 0 Å². The third-order valence-corrected chi connectivity index (χ3v) is 8.30. The van der Waals surface area contributed by atoms with Crippen molar-refractivity contribution in [3.8, 4) is 11.7 Å². The number of hydrogen-bond acceptors (Lipinski definition) is 0. The summed E-state index contributed by atoms with van der Waals surface area (Å²) in [5.74, 6) is 10.9. The Balaban J connectivity index is 0.00000243. The molecular formula is C24H42BLi. The summed E-state index contributed by atoms with van der Waals surface area (Å²) in [4.78, 5) is 0. The normalized spacial score (nSPS) is 23.7. The fraction of sp³-hybridized carbons (Fsp3) is 0.917. The molecule has 3 rings (SSSR count). The fourth-order valence-corrected chi connectivity index (χ4v) is 7.08. The van der Waals surface area contributed by atoms with E-state index in [1.165, 1.54) is 109 Å². The summed E-state index contributed by atoms with van der Waals surface area (Å²) in [7, 11) is 0. The van der Waals surface area contributed by atoms with Gasteiger partial charge >= 0.3 is 18.9 Å². The van der Waals surface area contributed by atoms with Crippen molar-refractivity contribution in [3.63, 3.8) is 0 Å². The molecule has 0 aliphatic heterocycles. The van der Waals surface area contributed by atoms with Gasteiger partial charge < -0.3 is 5.82 Å². The molecule has 0 amide bonds. The van der Waals surface area contributed by atoms with E-state index in [-0.39, 0.29) is 18.9 Å². The third-order valence-electron chi connectivity index (χ3n) is 8.30. The van der Waals surface area contributed by atoms with Gasteiger partial charge in [-0.3, -0.25) is 0 Å². The summed E-state index contributed by atoms with van der Waals surface area (Å²) in [5.41, 5.74) is 0. The molecule has 0 saturated heterocycles. The Morgan fingerprint density at radius 3 is 1.38 bits per heavy atom. The molecule has 0 N–H and O–H groups in total. The fourth-order valence-electron chi connectivity index (χ4n) is 7.08. The van der Waals surface area contributed by atoms with Gasteiger partial charge in [-0.05, 0) is 6.42 Å². The second-order valence-electron chi connectivity index (χ2n) is 9.70. The zero-order valence-corrected chi connectivity index (χ0v) is 18.0. The van der Waals surface area contributed by atoms with Crippen molar-refractivity contribution in [1.82, 2.24) is 0 Å². The van der Waals surface area contributed by atoms with Crippen LogP contribution in [0, 0.1) is 11.7 Å². The van der Waals surface area contributed by atoms with Crippen molar-refractivity contribution in [1.29, 1.82) is 0 Å². The van der Waals surface area contributed by atoms with Crippen molar-refractivity contribution in [3.05, 3.63) is 0 Å². The molecule has 0 atom stereocenters. The molecule has 0 bridgehead atoms. The molecule has 0 aromatic rings. The molecule has 2 heteroatoms. The van der Waals surface area contributed by atoms with Gasteiger partial charge in [0.05, 0.1) is 6.15 Å². The van der Waals surface area contributed by atoms with Gasteiger partial charge in [0.1, 0.15) is 0 Å². The van der Waals surface area contributed by atoms with E-state index in [9.17, 15) is 0 Å². The van der Waals surface area contributed by atoms with E-state index >= 15 is 0 Å². The van der Waals surface area contributed by atoms with Gasteiger partial charge in [0, 0.05) is 6.42 Å². The Kier molecular flexibility index (Phi) is 10.3. The molecule has 3 saturated carbocycles. The molecule has 3 fully saturated rings. The molecule has 0 aromatic heterocycles. The van der Waals surface area contributed by atoms with Crippen LogP contribution in [0.3, 0.4) is 0 Å². The van der Waals surface area contributed by atoms with Gasteiger partial charge in [-0.1, -0.05) is 110 Å². The monoisotopic (exact) mass is 348 g/mol. The first-order valence-corrected chi connectivity index (χ1v) is 12.0. The maximum Gasteiger partial charge on any atom is 1.00 e. The SMILES string of the molecule is CCCCC#C[B-](C1CCCCC1)(C1CCCCC1)C1CCCCC1.[Li+]. The second-order valence-corrected chi connectivity index (χ2v) is 9.70. The molecule has 142 valence electrons. The van der Waals surface area contributed by atoms with Crippen molar-refractivity contribution >= 4 is 6.15 Å². The first-order chi connectivity index (χ1) is 12.4. The van der Waals surface area contributed by atoms with Gasteiger partial charge in [0.2, 0.25) is 0 Å². The van der Waals surface area contributed by atoms with Crippen LogP contribution in [0.2, 0.25) is 17.5 Å². The standard InChI is InChI=1S/C24H42B.Li/c1-2-3-4-14-21-25(22-15-8-5-9-16-22,23-17-10-6-11-18-23)24-19-12-7-13-20-24;/h22-24H,2-13,15-20H2,1H3;/q-1;+1. The van der Waals surface area contributed by atoms with Crippen LogP contribution in [0.15, 0.2) is 0 Å². The van der Waals surface area contributed by atoms with Crippen molar-refractivity contribution in [2.75, 3.05) is 0 Å². The maximum atomic E-state index is 4.19. The van der Waals surface area contributed by atoms with Crippen LogP contribution in [0.4, 0.5) is 0 Å². The zero-order valence-electron chi connectivity index (χ0n) is 18.0. The van der Waals surface area contributed by atoms with E-state index in [1.54, 1.807) is 0 Å². The van der Waals surface area contributed by atoms with E-state index in [4.69, 9.17) is 0 Å². The molecule has 0 nitrogen and oxygen atoms in total. The van der Waals surface area contributed by atoms with Crippen LogP contribution in [0.5, 0.6) is 0 Å². The topological polar surface area (TPSA) is 0 Å². The van der Waals surface area contributed by atoms with E-state index in [2.05, 4.69) is 18.7 Å². The zero-order chi connectivity index (χ0) is 17.4. The van der Waals surface area contributed by atoms with Crippen molar-refractivity contribution in [2.24, 2.45) is 0 Å². The number of rotatable bonds is 5. The molecule has 0 radical (unpaired) electrons. The van der Waals surface area contributed by atoms with Crippen LogP contribution >= 0.6 is 0 Å². The van der Waals surface area contributed by atoms with Crippen molar-refractivity contribution < 1.29 is 18.9 Å². The Labute approximate surface area is 176 Å². The summed E-state index contributed by atoms with van der Waals surface area (Å²) in [6, 6.07) is 0. The van der Waals surface area contributed by atoms with Crippen LogP contribution in [-0.4, -0.2) is 6.15 Å². The molecule has 3 aliphatic rings. The molecular weight excluding hydrogens is 306 g/mol. The van der Waals surface area contributed by atoms with Gasteiger partial charge in [0.25, 0.3) is 0 Å². The molecule has 0 heterocycles. The summed E-state index contributed by atoms with van der Waals surface area (Å²) in [6.07, 6.45) is 25.8. The van der Waals surface area contributed by atoms with Crippen LogP contribution in [0.25, 0.3) is 0 Å². The minimum Gasteiger partial charge on any atom is -0.314 e. The number of hydrogen-bond donors (Lipinski definition) is 0. The smallest absolute Gasteiger partial charge is 0.314 e. The average molecular weight is 348 g/mol. The second kappa shape index (κ2) is 11.9. The quantitative estimate of drug-likeness (QED) is 0.365. The molecule has 3 aliphatic carbocycles. The predicted octanol–water partition coefficient (Wildman–Crippen LogP) is 5.17. The minimum absolute atomic E-state index is 0. The summed E-state index contributed by atoms with van der Waals surface area (Å²) >= 11 is 0. The first-order valence-electron chi connectivity index (χ1n) is 12.0. The summed E-state index contributed by atoms with van der Waals surface area (Å²) in [6.45, 7) is 2.31. The Bertz CT molecular complexity index is 385. The van der Waals surface area contributed by atoms with E-state index in [0.717, 1.165) is 23.9 Å². The minimum atomic E-state index is -0.458. The largest absolute Gasteiger partial charge is 1.00 e. The maximum absolute atomic E-state index is 4.19. The van der Waals surface area contributed by atoms with Gasteiger partial charge in [-0.15, -0.1) is 0 Å². The molecule has 0 unspecified atom stereocenters. The Morgan fingerprint density at radius 2 is 1.04 bits per heavy atom. The van der Waals surface area contributed by atoms with Gasteiger partial charge in [-0.25, -0.2) is 0 Å². The first kappa shape index (κ1) is 22.5. The van der Waals surface area contributed by atoms with E-state index < -0.39 is 6.15 Å². The van der Waals surface area contributed by atoms with Crippen molar-refractivity contribution in [2.45, 2.75) is 140 Å². The van der Waals surface area contributed by atoms with Crippen LogP contribution in [0.1, 0.15) is 122 Å². The van der Waals surface area contributed by atoms with Crippen LogP contribution < -0.4 is 18.9 Å². The summed E-state index contributed by atoms with van der Waals surface area (Å²) < 4.78 is 0. The Morgan fingerprint density at radius 1 is 0.654 bits per heavy atom. The third kappa shape index (κ3) is 5.39. The van der Waals surface area contributed by atoms with Crippen LogP contribution in [-0.2, 0) is 0 Å². The molecule has 0 spiro atoms. The average Bonchev–Trinajstić information content (AvgIpc) is 2.70. The number of unbranched alkanes of at least 4 members (excludes halogenated alkanes) is 2. The predicted molar refractivity (Wildman–Crippen MR) is 114 cm³/mol. The van der Waals surface area contributed by atoms with Gasteiger partial charge in [-0.2, -0.15) is 23.4 Å². The Hall–Kier alpha value is 0.222. The molecule has 0 aromatic carbocycles. The molecule has 26 heavy (non-hydrogen) atoms.